The summed E-state index contributed by atoms with van der Waals surface area (Å²) in [5, 5.41) is 41.0. The second-order valence-corrected chi connectivity index (χ2v) is 7.55. The molecule has 4 N–H and O–H groups in total. The van der Waals surface area contributed by atoms with Crippen molar-refractivity contribution in [3.8, 4) is 0 Å². The lowest BCUT2D eigenvalue weighted by Crippen LogP contribution is -2.41. The van der Waals surface area contributed by atoms with Gasteiger partial charge in [0.05, 0.1) is 35.8 Å². The van der Waals surface area contributed by atoms with Gasteiger partial charge >= 0.3 is 0 Å². The number of hydrogen-bond donors (Lipinski definition) is 4. The van der Waals surface area contributed by atoms with Crippen LogP contribution in [0.15, 0.2) is 24.3 Å². The van der Waals surface area contributed by atoms with Gasteiger partial charge < -0.3 is 30.2 Å². The highest BCUT2D eigenvalue weighted by molar-refractivity contribution is 5.71. The van der Waals surface area contributed by atoms with E-state index in [-0.39, 0.29) is 0 Å². The molecule has 6 heteroatoms. The first kappa shape index (κ1) is 24.7. The van der Waals surface area contributed by atoms with Crippen LogP contribution in [0.5, 0.6) is 0 Å². The normalized spacial score (nSPS) is 15.7. The molecular formula is C22H40N2O4. The molecule has 0 spiro atoms. The Morgan fingerprint density at radius 2 is 0.821 bits per heavy atom. The lowest BCUT2D eigenvalue weighted by molar-refractivity contribution is 0.151. The molecule has 0 fully saturated rings. The van der Waals surface area contributed by atoms with Gasteiger partial charge in [-0.25, -0.2) is 0 Å². The van der Waals surface area contributed by atoms with Gasteiger partial charge in [-0.2, -0.15) is 0 Å². The highest BCUT2D eigenvalue weighted by atomic mass is 16.3. The predicted molar refractivity (Wildman–Crippen MR) is 116 cm³/mol. The summed E-state index contributed by atoms with van der Waals surface area (Å²) < 4.78 is 0. The van der Waals surface area contributed by atoms with Crippen LogP contribution in [0.25, 0.3) is 0 Å². The molecule has 0 amide bonds. The molecule has 4 unspecified atom stereocenters. The van der Waals surface area contributed by atoms with Gasteiger partial charge in [0, 0.05) is 26.2 Å². The van der Waals surface area contributed by atoms with Crippen LogP contribution in [0.3, 0.4) is 0 Å². The Labute approximate surface area is 170 Å². The summed E-state index contributed by atoms with van der Waals surface area (Å²) >= 11 is 0. The van der Waals surface area contributed by atoms with Crippen molar-refractivity contribution in [3.63, 3.8) is 0 Å². The van der Waals surface area contributed by atoms with Gasteiger partial charge in [-0.05, 0) is 37.8 Å². The fourth-order valence-corrected chi connectivity index (χ4v) is 3.08. The Morgan fingerprint density at radius 1 is 0.571 bits per heavy atom. The quantitative estimate of drug-likeness (QED) is 0.386. The molecule has 0 bridgehead atoms. The first-order valence-corrected chi connectivity index (χ1v) is 10.7. The number of anilines is 2. The summed E-state index contributed by atoms with van der Waals surface area (Å²) in [4.78, 5) is 4.03. The first-order chi connectivity index (χ1) is 13.4. The monoisotopic (exact) mass is 396 g/mol. The largest absolute Gasteiger partial charge is 0.391 e. The fraction of sp³-hybridized carbons (Fsp3) is 0.727. The van der Waals surface area contributed by atoms with Gasteiger partial charge in [-0.3, -0.25) is 0 Å². The Balaban J connectivity index is 3.27. The van der Waals surface area contributed by atoms with Gasteiger partial charge in [-0.15, -0.1) is 0 Å². The van der Waals surface area contributed by atoms with Crippen molar-refractivity contribution < 1.29 is 20.4 Å². The molecule has 0 aliphatic rings. The molecule has 1 aromatic rings. The molecule has 0 aliphatic carbocycles. The van der Waals surface area contributed by atoms with Crippen molar-refractivity contribution >= 4 is 11.4 Å². The second-order valence-electron chi connectivity index (χ2n) is 7.55. The lowest BCUT2D eigenvalue weighted by Gasteiger charge is -2.36. The average molecular weight is 397 g/mol. The highest BCUT2D eigenvalue weighted by Gasteiger charge is 2.22. The number of nitrogens with zero attached hydrogens (tertiary/aromatic N) is 2. The summed E-state index contributed by atoms with van der Waals surface area (Å²) in [6.45, 7) is 9.43. The van der Waals surface area contributed by atoms with Crippen LogP contribution < -0.4 is 9.80 Å². The van der Waals surface area contributed by atoms with E-state index in [0.29, 0.717) is 51.9 Å². The van der Waals surface area contributed by atoms with E-state index in [9.17, 15) is 20.4 Å². The molecule has 162 valence electrons. The van der Waals surface area contributed by atoms with E-state index in [1.165, 1.54) is 0 Å². The molecule has 0 saturated carbocycles. The minimum atomic E-state index is -0.493. The zero-order valence-corrected chi connectivity index (χ0v) is 18.0. The minimum absolute atomic E-state index is 0.422. The van der Waals surface area contributed by atoms with Crippen LogP contribution in [0.2, 0.25) is 0 Å². The van der Waals surface area contributed by atoms with Gasteiger partial charge in [0.1, 0.15) is 0 Å². The molecule has 1 aromatic carbocycles. The van der Waals surface area contributed by atoms with Gasteiger partial charge in [0.25, 0.3) is 0 Å². The third-order valence-electron chi connectivity index (χ3n) is 5.17. The highest BCUT2D eigenvalue weighted by Crippen LogP contribution is 2.31. The van der Waals surface area contributed by atoms with E-state index in [1.807, 2.05) is 61.8 Å². The van der Waals surface area contributed by atoms with Crippen LogP contribution in [-0.4, -0.2) is 71.0 Å². The maximum absolute atomic E-state index is 10.3. The van der Waals surface area contributed by atoms with Crippen molar-refractivity contribution in [3.05, 3.63) is 24.3 Å². The molecule has 28 heavy (non-hydrogen) atoms. The van der Waals surface area contributed by atoms with E-state index in [2.05, 4.69) is 0 Å². The lowest BCUT2D eigenvalue weighted by atomic mass is 10.1. The molecule has 0 aromatic heterocycles. The van der Waals surface area contributed by atoms with Crippen LogP contribution >= 0.6 is 0 Å². The third kappa shape index (κ3) is 7.95. The number of benzene rings is 1. The topological polar surface area (TPSA) is 87.4 Å². The number of hydrogen-bond acceptors (Lipinski definition) is 6. The summed E-state index contributed by atoms with van der Waals surface area (Å²) in [7, 11) is 0. The van der Waals surface area contributed by atoms with Crippen molar-refractivity contribution in [1.82, 2.24) is 0 Å². The molecule has 0 radical (unpaired) electrons. The number of para-hydroxylation sites is 2. The Kier molecular flexibility index (Phi) is 11.5. The molecule has 0 saturated heterocycles. The van der Waals surface area contributed by atoms with Gasteiger partial charge in [0.2, 0.25) is 0 Å². The summed E-state index contributed by atoms with van der Waals surface area (Å²) in [6.07, 6.45) is 0.560. The second kappa shape index (κ2) is 13.0. The van der Waals surface area contributed by atoms with Crippen molar-refractivity contribution in [2.75, 3.05) is 36.0 Å². The van der Waals surface area contributed by atoms with Crippen LogP contribution in [0, 0.1) is 0 Å². The molecule has 4 atom stereocenters. The molecule has 0 aliphatic heterocycles. The Morgan fingerprint density at radius 3 is 1.04 bits per heavy atom. The van der Waals surface area contributed by atoms with Crippen molar-refractivity contribution in [2.24, 2.45) is 0 Å². The fourth-order valence-electron chi connectivity index (χ4n) is 3.08. The third-order valence-corrected chi connectivity index (χ3v) is 5.17. The van der Waals surface area contributed by atoms with Gasteiger partial charge in [0.15, 0.2) is 0 Å². The van der Waals surface area contributed by atoms with E-state index in [0.717, 1.165) is 11.4 Å². The SMILES string of the molecule is CCC(O)CN(CC(O)CC)c1ccccc1N(CC(O)CC)CC(O)CC. The molecular weight excluding hydrogens is 356 g/mol. The first-order valence-electron chi connectivity index (χ1n) is 10.7. The summed E-state index contributed by atoms with van der Waals surface area (Å²) in [5.41, 5.74) is 1.79. The van der Waals surface area contributed by atoms with Crippen molar-refractivity contribution in [2.45, 2.75) is 77.8 Å². The average Bonchev–Trinajstić information content (AvgIpc) is 2.72. The molecule has 6 nitrogen and oxygen atoms in total. The van der Waals surface area contributed by atoms with E-state index in [1.54, 1.807) is 0 Å². The molecule has 1 rings (SSSR count). The number of aliphatic hydroxyl groups is 4. The summed E-state index contributed by atoms with van der Waals surface area (Å²) in [5.74, 6) is 0. The standard InChI is InChI=1S/C22H40N2O4/c1-5-17(25)13-23(14-18(26)6-2)21-11-9-10-12-22(21)24(15-19(27)7-3)16-20(28)8-4/h9-12,17-20,25-28H,5-8,13-16H2,1-4H3. The number of rotatable bonds is 14. The van der Waals surface area contributed by atoms with E-state index >= 15 is 0 Å². The number of aliphatic hydroxyl groups excluding tert-OH is 4. The van der Waals surface area contributed by atoms with Crippen LogP contribution in [0.4, 0.5) is 11.4 Å². The van der Waals surface area contributed by atoms with E-state index < -0.39 is 24.4 Å². The zero-order chi connectivity index (χ0) is 21.1. The maximum Gasteiger partial charge on any atom is 0.0712 e. The maximum atomic E-state index is 10.3. The summed E-state index contributed by atoms with van der Waals surface area (Å²) in [6, 6.07) is 7.83. The van der Waals surface area contributed by atoms with Gasteiger partial charge in [-0.1, -0.05) is 39.8 Å². The van der Waals surface area contributed by atoms with Crippen LogP contribution in [-0.2, 0) is 0 Å². The zero-order valence-electron chi connectivity index (χ0n) is 18.0. The predicted octanol–water partition coefficient (Wildman–Crippen LogP) is 2.38. The smallest absolute Gasteiger partial charge is 0.0712 e. The van der Waals surface area contributed by atoms with E-state index in [4.69, 9.17) is 0 Å². The van der Waals surface area contributed by atoms with Crippen molar-refractivity contribution in [1.29, 1.82) is 0 Å². The Hall–Kier alpha value is -1.34. The Bertz CT molecular complexity index is 472. The minimum Gasteiger partial charge on any atom is -0.391 e. The van der Waals surface area contributed by atoms with Crippen LogP contribution in [0.1, 0.15) is 53.4 Å². The molecule has 0 heterocycles.